The lowest BCUT2D eigenvalue weighted by Gasteiger charge is -2.21. The maximum Gasteiger partial charge on any atom is 0.214 e. The Balaban J connectivity index is 4.21. The van der Waals surface area contributed by atoms with Crippen molar-refractivity contribution in [1.29, 1.82) is 0 Å². The number of hydrogen-bond acceptors (Lipinski definition) is 3. The topological polar surface area (TPSA) is 55.4 Å². The van der Waals surface area contributed by atoms with Gasteiger partial charge in [-0.25, -0.2) is 13.1 Å². The Morgan fingerprint density at radius 3 is 2.24 bits per heavy atom. The van der Waals surface area contributed by atoms with Gasteiger partial charge in [-0.2, -0.15) is 0 Å². The van der Waals surface area contributed by atoms with Gasteiger partial charge < -0.3 is 4.74 Å². The molecule has 0 fully saturated rings. The van der Waals surface area contributed by atoms with Gasteiger partial charge in [0.2, 0.25) is 10.0 Å². The van der Waals surface area contributed by atoms with Crippen molar-refractivity contribution in [2.75, 3.05) is 18.2 Å². The van der Waals surface area contributed by atoms with Crippen LogP contribution in [0.3, 0.4) is 0 Å². The first kappa shape index (κ1) is 17.2. The predicted octanol–water partition coefficient (Wildman–Crippen LogP) is 1.98. The predicted molar refractivity (Wildman–Crippen MR) is 72.0 cm³/mol. The van der Waals surface area contributed by atoms with Gasteiger partial charge >= 0.3 is 0 Å². The Morgan fingerprint density at radius 2 is 1.82 bits per heavy atom. The van der Waals surface area contributed by atoms with Crippen LogP contribution < -0.4 is 4.72 Å². The highest BCUT2D eigenvalue weighted by Crippen LogP contribution is 2.08. The maximum atomic E-state index is 11.8. The molecule has 1 atom stereocenters. The van der Waals surface area contributed by atoms with Crippen molar-refractivity contribution in [3.8, 4) is 0 Å². The molecule has 0 rings (SSSR count). The summed E-state index contributed by atoms with van der Waals surface area (Å²) in [6, 6.07) is -0.100. The van der Waals surface area contributed by atoms with Crippen molar-refractivity contribution in [2.24, 2.45) is 5.92 Å². The van der Waals surface area contributed by atoms with Crippen LogP contribution in [0.4, 0.5) is 0 Å². The van der Waals surface area contributed by atoms with Crippen LogP contribution in [0.15, 0.2) is 0 Å². The van der Waals surface area contributed by atoms with E-state index in [1.807, 2.05) is 27.7 Å². The molecule has 0 aromatic heterocycles. The summed E-state index contributed by atoms with van der Waals surface area (Å²) >= 11 is 5.66. The van der Waals surface area contributed by atoms with Gasteiger partial charge in [0.05, 0.1) is 18.5 Å². The Morgan fingerprint density at radius 1 is 1.24 bits per heavy atom. The van der Waals surface area contributed by atoms with Gasteiger partial charge in [0.1, 0.15) is 0 Å². The highest BCUT2D eigenvalue weighted by Gasteiger charge is 2.20. The van der Waals surface area contributed by atoms with Crippen molar-refractivity contribution < 1.29 is 13.2 Å². The normalized spacial score (nSPS) is 14.5. The zero-order chi connectivity index (χ0) is 13.5. The molecule has 0 spiro atoms. The first-order valence-electron chi connectivity index (χ1n) is 5.96. The van der Waals surface area contributed by atoms with Crippen molar-refractivity contribution in [2.45, 2.75) is 46.3 Å². The number of hydrogen-bond donors (Lipinski definition) is 1. The third-order valence-electron chi connectivity index (χ3n) is 2.36. The maximum absolute atomic E-state index is 11.8. The molecule has 0 aromatic rings. The monoisotopic (exact) mass is 285 g/mol. The van der Waals surface area contributed by atoms with E-state index in [1.54, 1.807) is 0 Å². The van der Waals surface area contributed by atoms with E-state index in [0.29, 0.717) is 12.3 Å². The molecule has 1 unspecified atom stereocenters. The number of halogens is 1. The Labute approximate surface area is 110 Å². The first-order valence-corrected chi connectivity index (χ1v) is 8.14. The smallest absolute Gasteiger partial charge is 0.214 e. The molecule has 0 aliphatic heterocycles. The van der Waals surface area contributed by atoms with Crippen molar-refractivity contribution in [3.63, 3.8) is 0 Å². The fourth-order valence-electron chi connectivity index (χ4n) is 1.33. The fourth-order valence-corrected chi connectivity index (χ4v) is 2.85. The zero-order valence-electron chi connectivity index (χ0n) is 11.1. The SMILES string of the molecule is CC(C)OCCS(=O)(=O)NC(CCCl)C(C)C. The summed E-state index contributed by atoms with van der Waals surface area (Å²) in [5.41, 5.74) is 0. The van der Waals surface area contributed by atoms with Gasteiger partial charge in [-0.15, -0.1) is 11.6 Å². The molecule has 0 heterocycles. The Kier molecular flexibility index (Phi) is 8.37. The van der Waals surface area contributed by atoms with Crippen LogP contribution in [-0.4, -0.2) is 38.8 Å². The summed E-state index contributed by atoms with van der Waals surface area (Å²) in [5, 5.41) is 0. The number of alkyl halides is 1. The van der Waals surface area contributed by atoms with Gasteiger partial charge in [-0.05, 0) is 26.2 Å². The quantitative estimate of drug-likeness (QED) is 0.659. The highest BCUT2D eigenvalue weighted by molar-refractivity contribution is 7.89. The molecule has 0 bridgehead atoms. The number of ether oxygens (including phenoxy) is 1. The molecule has 0 aromatic carbocycles. The van der Waals surface area contributed by atoms with Crippen molar-refractivity contribution in [3.05, 3.63) is 0 Å². The first-order chi connectivity index (χ1) is 7.78. The summed E-state index contributed by atoms with van der Waals surface area (Å²) in [5.74, 6) is 0.680. The summed E-state index contributed by atoms with van der Waals surface area (Å²) in [7, 11) is -3.28. The molecule has 1 N–H and O–H groups in total. The third-order valence-corrected chi connectivity index (χ3v) is 3.94. The molecule has 6 heteroatoms. The lowest BCUT2D eigenvalue weighted by Crippen LogP contribution is -2.40. The van der Waals surface area contributed by atoms with Crippen LogP contribution in [-0.2, 0) is 14.8 Å². The number of rotatable bonds is 9. The minimum absolute atomic E-state index is 0.00329. The molecule has 4 nitrogen and oxygen atoms in total. The lowest BCUT2D eigenvalue weighted by atomic mass is 10.0. The number of sulfonamides is 1. The molecule has 0 aliphatic carbocycles. The van der Waals surface area contributed by atoms with Gasteiger partial charge in [0.25, 0.3) is 0 Å². The van der Waals surface area contributed by atoms with E-state index in [0.717, 1.165) is 0 Å². The average molecular weight is 286 g/mol. The summed E-state index contributed by atoms with van der Waals surface area (Å²) in [6.45, 7) is 7.93. The fraction of sp³-hybridized carbons (Fsp3) is 1.00. The molecule has 104 valence electrons. The van der Waals surface area contributed by atoms with Gasteiger partial charge in [0, 0.05) is 11.9 Å². The minimum atomic E-state index is -3.28. The van der Waals surface area contributed by atoms with E-state index in [1.165, 1.54) is 0 Å². The van der Waals surface area contributed by atoms with Crippen LogP contribution in [0.25, 0.3) is 0 Å². The zero-order valence-corrected chi connectivity index (χ0v) is 12.6. The molecule has 0 aliphatic rings. The van der Waals surface area contributed by atoms with Crippen molar-refractivity contribution >= 4 is 21.6 Å². The molecular weight excluding hydrogens is 262 g/mol. The molecule has 0 amide bonds. The van der Waals surface area contributed by atoms with Gasteiger partial charge in [-0.3, -0.25) is 0 Å². The van der Waals surface area contributed by atoms with Crippen LogP contribution in [0.5, 0.6) is 0 Å². The molecule has 0 radical (unpaired) electrons. The lowest BCUT2D eigenvalue weighted by molar-refractivity contribution is 0.0911. The van der Waals surface area contributed by atoms with Gasteiger partial charge in [0.15, 0.2) is 0 Å². The molecule has 17 heavy (non-hydrogen) atoms. The van der Waals surface area contributed by atoms with E-state index >= 15 is 0 Å². The van der Waals surface area contributed by atoms with Crippen LogP contribution in [0, 0.1) is 5.92 Å². The summed E-state index contributed by atoms with van der Waals surface area (Å²) in [4.78, 5) is 0. The highest BCUT2D eigenvalue weighted by atomic mass is 35.5. The van der Waals surface area contributed by atoms with Crippen LogP contribution in [0.1, 0.15) is 34.1 Å². The summed E-state index contributed by atoms with van der Waals surface area (Å²) in [6.07, 6.45) is 0.692. The van der Waals surface area contributed by atoms with Gasteiger partial charge in [-0.1, -0.05) is 13.8 Å². The number of nitrogens with one attached hydrogen (secondary N) is 1. The third kappa shape index (κ3) is 8.83. The van der Waals surface area contributed by atoms with Crippen molar-refractivity contribution in [1.82, 2.24) is 4.72 Å². The molecular formula is C11H24ClNO3S. The van der Waals surface area contributed by atoms with E-state index in [4.69, 9.17) is 16.3 Å². The van der Waals surface area contributed by atoms with E-state index in [-0.39, 0.29) is 30.4 Å². The average Bonchev–Trinajstić information content (AvgIpc) is 2.15. The van der Waals surface area contributed by atoms with E-state index in [2.05, 4.69) is 4.72 Å². The minimum Gasteiger partial charge on any atom is -0.378 e. The standard InChI is InChI=1S/C11H24ClNO3S/c1-9(2)11(5-6-12)13-17(14,15)8-7-16-10(3)4/h9-11,13H,5-8H2,1-4H3. The van der Waals surface area contributed by atoms with Crippen LogP contribution in [0.2, 0.25) is 0 Å². The summed E-state index contributed by atoms with van der Waals surface area (Å²) < 4.78 is 31.4. The van der Waals surface area contributed by atoms with Crippen LogP contribution >= 0.6 is 11.6 Å². The second kappa shape index (κ2) is 8.29. The van der Waals surface area contributed by atoms with E-state index < -0.39 is 10.0 Å². The Hall–Kier alpha value is 0.160. The largest absolute Gasteiger partial charge is 0.378 e. The second-order valence-electron chi connectivity index (χ2n) is 4.68. The molecule has 0 saturated carbocycles. The second-order valence-corrected chi connectivity index (χ2v) is 6.94. The Bertz CT molecular complexity index is 291. The molecule has 0 saturated heterocycles. The van der Waals surface area contributed by atoms with E-state index in [9.17, 15) is 8.42 Å².